The van der Waals surface area contributed by atoms with Crippen LogP contribution in [0.5, 0.6) is 0 Å². The fourth-order valence-corrected chi connectivity index (χ4v) is 7.26. The van der Waals surface area contributed by atoms with Gasteiger partial charge in [-0.15, -0.1) is 6.42 Å². The molecule has 2 heterocycles. The maximum absolute atomic E-state index is 13.0. The molecule has 2 saturated carbocycles. The lowest BCUT2D eigenvalue weighted by atomic mass is 10.1. The van der Waals surface area contributed by atoms with Crippen LogP contribution in [0.1, 0.15) is 48.9 Å². The van der Waals surface area contributed by atoms with Crippen molar-refractivity contribution in [3.05, 3.63) is 65.2 Å². The van der Waals surface area contributed by atoms with E-state index in [-0.39, 0.29) is 31.2 Å². The van der Waals surface area contributed by atoms with Crippen LogP contribution in [-0.2, 0) is 27.2 Å². The number of hydrogen-bond donors (Lipinski definition) is 5. The lowest BCUT2D eigenvalue weighted by molar-refractivity contribution is 0.0409. The van der Waals surface area contributed by atoms with Crippen molar-refractivity contribution in [1.82, 2.24) is 19.1 Å². The standard InChI is InChI=1S/C25H34N4O13P2/c1-4-5-39-43(35,36)40-13-17-7-19(29-11-15(3)23(32)27-25(29)34)9-21(17)42-44(37,38)41-12-16-6-18(8-20(16)30)28-10-14(2)22(31)26-24(28)33/h1,10-11,16-21,30H,5-9,12-13H2,2-3H3,(H,35,36)(H,37,38)(H,26,31,33)(H,27,32,34)/t16-,17-,18-,19-,20?,21?/m1/s1. The van der Waals surface area contributed by atoms with Gasteiger partial charge in [-0.25, -0.2) is 18.7 Å². The molecule has 0 aliphatic heterocycles. The molecule has 2 aliphatic rings. The van der Waals surface area contributed by atoms with E-state index in [0.717, 1.165) is 0 Å². The van der Waals surface area contributed by atoms with Gasteiger partial charge >= 0.3 is 27.0 Å². The second-order valence-corrected chi connectivity index (χ2v) is 13.8. The van der Waals surface area contributed by atoms with Crippen LogP contribution in [0.4, 0.5) is 0 Å². The monoisotopic (exact) mass is 660 g/mol. The number of aryl methyl sites for hydroxylation is 2. The first-order valence-corrected chi connectivity index (χ1v) is 16.6. The molecule has 0 amide bonds. The van der Waals surface area contributed by atoms with E-state index in [9.17, 15) is 43.2 Å². The average Bonchev–Trinajstić information content (AvgIpc) is 3.51. The quantitative estimate of drug-likeness (QED) is 0.152. The number of aromatic amines is 2. The minimum Gasteiger partial charge on any atom is -0.393 e. The number of aliphatic hydroxyl groups is 1. The van der Waals surface area contributed by atoms with Crippen LogP contribution in [0.15, 0.2) is 31.6 Å². The fraction of sp³-hybridized carbons (Fsp3) is 0.600. The second-order valence-electron chi connectivity index (χ2n) is 10.9. The summed E-state index contributed by atoms with van der Waals surface area (Å²) in [5, 5.41) is 10.6. The summed E-state index contributed by atoms with van der Waals surface area (Å²) in [6, 6.07) is -1.15. The lowest BCUT2D eigenvalue weighted by Crippen LogP contribution is -2.32. The predicted octanol–water partition coefficient (Wildman–Crippen LogP) is 0.236. The molecule has 5 N–H and O–H groups in total. The van der Waals surface area contributed by atoms with E-state index in [1.807, 2.05) is 5.92 Å². The van der Waals surface area contributed by atoms with Crippen LogP contribution >= 0.6 is 15.6 Å². The van der Waals surface area contributed by atoms with E-state index in [1.54, 1.807) is 0 Å². The maximum Gasteiger partial charge on any atom is 0.473 e. The maximum atomic E-state index is 13.0. The number of nitrogens with zero attached hydrogens (tertiary/aromatic N) is 2. The number of phosphoric ester groups is 2. The highest BCUT2D eigenvalue weighted by Crippen LogP contribution is 2.52. The predicted molar refractivity (Wildman–Crippen MR) is 153 cm³/mol. The van der Waals surface area contributed by atoms with Gasteiger partial charge in [0, 0.05) is 47.4 Å². The zero-order valence-electron chi connectivity index (χ0n) is 23.9. The Morgan fingerprint density at radius 2 is 1.34 bits per heavy atom. The Morgan fingerprint density at radius 1 is 0.841 bits per heavy atom. The number of terminal acetylenes is 1. The Morgan fingerprint density at radius 3 is 1.91 bits per heavy atom. The molecular weight excluding hydrogens is 626 g/mol. The highest BCUT2D eigenvalue weighted by Gasteiger charge is 2.43. The van der Waals surface area contributed by atoms with Crippen molar-refractivity contribution in [3.63, 3.8) is 0 Å². The molecule has 2 aliphatic carbocycles. The van der Waals surface area contributed by atoms with Gasteiger partial charge in [0.1, 0.15) is 6.61 Å². The summed E-state index contributed by atoms with van der Waals surface area (Å²) in [4.78, 5) is 73.2. The number of hydrogen-bond acceptors (Lipinski definition) is 11. The summed E-state index contributed by atoms with van der Waals surface area (Å²) in [6.45, 7) is 1.63. The van der Waals surface area contributed by atoms with E-state index in [2.05, 4.69) is 14.5 Å². The first-order chi connectivity index (χ1) is 20.6. The second kappa shape index (κ2) is 13.6. The van der Waals surface area contributed by atoms with E-state index >= 15 is 0 Å². The van der Waals surface area contributed by atoms with E-state index in [4.69, 9.17) is 20.0 Å². The van der Waals surface area contributed by atoms with Gasteiger partial charge in [-0.1, -0.05) is 5.92 Å². The van der Waals surface area contributed by atoms with Crippen molar-refractivity contribution in [1.29, 1.82) is 0 Å². The minimum absolute atomic E-state index is 0.0309. The molecule has 0 saturated heterocycles. The summed E-state index contributed by atoms with van der Waals surface area (Å²) >= 11 is 0. The number of nitrogens with one attached hydrogen (secondary N) is 2. The highest BCUT2D eigenvalue weighted by atomic mass is 31.2. The van der Waals surface area contributed by atoms with Crippen molar-refractivity contribution in [2.45, 2.75) is 63.8 Å². The molecule has 242 valence electrons. The molecule has 2 aromatic rings. The topological polar surface area (TPSA) is 241 Å². The summed E-state index contributed by atoms with van der Waals surface area (Å²) in [6.07, 6.45) is 6.05. The molecule has 4 unspecified atom stereocenters. The third-order valence-electron chi connectivity index (χ3n) is 7.80. The Labute approximate surface area is 250 Å². The van der Waals surface area contributed by atoms with Gasteiger partial charge < -0.3 is 14.9 Å². The normalized spacial score (nSPS) is 27.9. The SMILES string of the molecule is C#CCOP(=O)(O)OC[C@H]1C[C@@H](n2cc(C)c(=O)[nH]c2=O)CC1OP(=O)(O)OC[C@H]1C[C@@H](n2cc(C)c(=O)[nH]c2=O)CC1O. The van der Waals surface area contributed by atoms with Crippen LogP contribution in [0.3, 0.4) is 0 Å². The molecule has 0 aromatic carbocycles. The average molecular weight is 661 g/mol. The van der Waals surface area contributed by atoms with Gasteiger partial charge in [-0.2, -0.15) is 0 Å². The molecule has 17 nitrogen and oxygen atoms in total. The molecule has 0 bridgehead atoms. The van der Waals surface area contributed by atoms with Crippen LogP contribution in [-0.4, -0.2) is 66.0 Å². The van der Waals surface area contributed by atoms with Crippen molar-refractivity contribution in [3.8, 4) is 12.3 Å². The van der Waals surface area contributed by atoms with Crippen LogP contribution in [0, 0.1) is 38.0 Å². The molecule has 0 spiro atoms. The van der Waals surface area contributed by atoms with E-state index in [0.29, 0.717) is 5.56 Å². The van der Waals surface area contributed by atoms with Gasteiger partial charge in [0.25, 0.3) is 11.1 Å². The molecule has 44 heavy (non-hydrogen) atoms. The zero-order valence-corrected chi connectivity index (χ0v) is 25.6. The smallest absolute Gasteiger partial charge is 0.393 e. The first-order valence-electron chi connectivity index (χ1n) is 13.6. The van der Waals surface area contributed by atoms with Crippen molar-refractivity contribution < 1.29 is 42.1 Å². The summed E-state index contributed by atoms with van der Waals surface area (Å²) < 4.78 is 48.1. The first kappa shape index (κ1) is 34.0. The van der Waals surface area contributed by atoms with Gasteiger partial charge in [0.15, 0.2) is 0 Å². The van der Waals surface area contributed by atoms with Gasteiger partial charge in [-0.05, 0) is 39.5 Å². The van der Waals surface area contributed by atoms with Crippen molar-refractivity contribution >= 4 is 15.6 Å². The van der Waals surface area contributed by atoms with Gasteiger partial charge in [0.2, 0.25) is 0 Å². The van der Waals surface area contributed by atoms with Gasteiger partial charge in [-0.3, -0.25) is 46.8 Å². The summed E-state index contributed by atoms with van der Waals surface area (Å²) in [5.41, 5.74) is -1.92. The summed E-state index contributed by atoms with van der Waals surface area (Å²) in [7, 11) is -9.40. The number of H-pyrrole nitrogens is 2. The lowest BCUT2D eigenvalue weighted by Gasteiger charge is -2.24. The van der Waals surface area contributed by atoms with Crippen LogP contribution in [0.2, 0.25) is 0 Å². The molecule has 2 fully saturated rings. The molecule has 0 radical (unpaired) electrons. The van der Waals surface area contributed by atoms with Crippen molar-refractivity contribution in [2.24, 2.45) is 11.8 Å². The number of aromatic nitrogens is 4. The Balaban J connectivity index is 1.45. The largest absolute Gasteiger partial charge is 0.473 e. The van der Waals surface area contributed by atoms with E-state index in [1.165, 1.54) is 35.4 Å². The molecule has 4 rings (SSSR count). The molecule has 19 heteroatoms. The molecular formula is C25H34N4O13P2. The molecule has 2 aromatic heterocycles. The molecule has 8 atom stereocenters. The third kappa shape index (κ3) is 8.22. The van der Waals surface area contributed by atoms with Crippen LogP contribution < -0.4 is 22.5 Å². The van der Waals surface area contributed by atoms with E-state index < -0.39 is 94.1 Å². The number of phosphoric acid groups is 2. The van der Waals surface area contributed by atoms with Gasteiger partial charge in [0.05, 0.1) is 25.4 Å². The third-order valence-corrected chi connectivity index (χ3v) is 9.74. The number of aliphatic hydroxyl groups excluding tert-OH is 1. The zero-order chi connectivity index (χ0) is 32.4. The highest BCUT2D eigenvalue weighted by molar-refractivity contribution is 7.47. The fourth-order valence-electron chi connectivity index (χ4n) is 5.52. The number of rotatable bonds is 12. The summed E-state index contributed by atoms with van der Waals surface area (Å²) in [5.74, 6) is 0.567. The Bertz CT molecular complexity index is 1740. The minimum atomic E-state index is -4.82. The Hall–Kier alpha value is -2.90. The van der Waals surface area contributed by atoms with Crippen molar-refractivity contribution in [2.75, 3.05) is 19.8 Å². The van der Waals surface area contributed by atoms with Crippen LogP contribution in [0.25, 0.3) is 0 Å². The Kier molecular flexibility index (Phi) is 10.5.